The van der Waals surface area contributed by atoms with Crippen molar-refractivity contribution in [2.75, 3.05) is 6.54 Å². The Morgan fingerprint density at radius 2 is 1.72 bits per heavy atom. The van der Waals surface area contributed by atoms with Gasteiger partial charge in [0, 0.05) is 3.57 Å². The van der Waals surface area contributed by atoms with Crippen molar-refractivity contribution in [2.45, 2.75) is 6.42 Å². The Morgan fingerprint density at radius 1 is 1.06 bits per heavy atom. The van der Waals surface area contributed by atoms with Crippen LogP contribution in [0.5, 0.6) is 17.2 Å². The predicted octanol–water partition coefficient (Wildman–Crippen LogP) is 3.29. The first-order chi connectivity index (χ1) is 8.69. The van der Waals surface area contributed by atoms with Crippen LogP contribution in [0, 0.1) is 3.57 Å². The molecule has 3 nitrogen and oxygen atoms in total. The van der Waals surface area contributed by atoms with Crippen molar-refractivity contribution in [2.24, 2.45) is 5.73 Å². The van der Waals surface area contributed by atoms with Gasteiger partial charge in [0.1, 0.15) is 17.2 Å². The Labute approximate surface area is 120 Å². The molecule has 0 radical (unpaired) electrons. The highest BCUT2D eigenvalue weighted by atomic mass is 127. The van der Waals surface area contributed by atoms with E-state index >= 15 is 0 Å². The van der Waals surface area contributed by atoms with Crippen LogP contribution < -0.4 is 10.5 Å². The third-order valence-corrected chi connectivity index (χ3v) is 3.51. The van der Waals surface area contributed by atoms with E-state index in [4.69, 9.17) is 10.5 Å². The minimum Gasteiger partial charge on any atom is -0.508 e. The summed E-state index contributed by atoms with van der Waals surface area (Å²) in [5, 5.41) is 9.19. The average molecular weight is 355 g/mol. The van der Waals surface area contributed by atoms with Crippen LogP contribution in [-0.4, -0.2) is 11.7 Å². The van der Waals surface area contributed by atoms with Crippen molar-refractivity contribution >= 4 is 22.6 Å². The van der Waals surface area contributed by atoms with Gasteiger partial charge in [0.05, 0.1) is 0 Å². The molecule has 0 aromatic heterocycles. The molecule has 4 heteroatoms. The van der Waals surface area contributed by atoms with E-state index in [2.05, 4.69) is 22.6 Å². The lowest BCUT2D eigenvalue weighted by molar-refractivity contribution is 0.464. The fourth-order valence-electron chi connectivity index (χ4n) is 1.60. The molecule has 0 bridgehead atoms. The normalized spacial score (nSPS) is 10.3. The first kappa shape index (κ1) is 13.2. The quantitative estimate of drug-likeness (QED) is 0.828. The minimum absolute atomic E-state index is 0.232. The molecule has 0 amide bonds. The van der Waals surface area contributed by atoms with Gasteiger partial charge in [0.15, 0.2) is 0 Å². The number of phenols is 1. The standard InChI is InChI=1S/C14H14INO2/c15-14-9-13(4-1-10(14)7-8-16)18-12-5-2-11(17)3-6-12/h1-6,9,17H,7-8,16H2. The topological polar surface area (TPSA) is 55.5 Å². The third-order valence-electron chi connectivity index (χ3n) is 2.51. The third kappa shape index (κ3) is 3.36. The van der Waals surface area contributed by atoms with Gasteiger partial charge in [-0.1, -0.05) is 6.07 Å². The molecule has 0 aliphatic rings. The smallest absolute Gasteiger partial charge is 0.128 e. The first-order valence-electron chi connectivity index (χ1n) is 5.64. The maximum absolute atomic E-state index is 9.19. The molecule has 94 valence electrons. The summed E-state index contributed by atoms with van der Waals surface area (Å²) in [6, 6.07) is 12.6. The summed E-state index contributed by atoms with van der Waals surface area (Å²) in [4.78, 5) is 0. The average Bonchev–Trinajstić information content (AvgIpc) is 2.36. The molecule has 18 heavy (non-hydrogen) atoms. The van der Waals surface area contributed by atoms with E-state index < -0.39 is 0 Å². The van der Waals surface area contributed by atoms with Crippen molar-refractivity contribution in [3.63, 3.8) is 0 Å². The lowest BCUT2D eigenvalue weighted by atomic mass is 10.1. The number of ether oxygens (including phenoxy) is 1. The Bertz CT molecular complexity index is 526. The van der Waals surface area contributed by atoms with E-state index in [1.165, 1.54) is 5.56 Å². The van der Waals surface area contributed by atoms with E-state index in [9.17, 15) is 5.11 Å². The summed E-state index contributed by atoms with van der Waals surface area (Å²) in [5.41, 5.74) is 6.78. The van der Waals surface area contributed by atoms with E-state index in [1.54, 1.807) is 24.3 Å². The zero-order chi connectivity index (χ0) is 13.0. The van der Waals surface area contributed by atoms with Gasteiger partial charge in [0.25, 0.3) is 0 Å². The van der Waals surface area contributed by atoms with Gasteiger partial charge in [-0.25, -0.2) is 0 Å². The number of phenolic OH excluding ortho intramolecular Hbond substituents is 1. The van der Waals surface area contributed by atoms with E-state index in [0.717, 1.165) is 15.7 Å². The van der Waals surface area contributed by atoms with Gasteiger partial charge in [-0.2, -0.15) is 0 Å². The summed E-state index contributed by atoms with van der Waals surface area (Å²) >= 11 is 2.28. The molecule has 0 saturated heterocycles. The second-order valence-corrected chi connectivity index (χ2v) is 5.05. The molecule has 3 N–H and O–H groups in total. The Balaban J connectivity index is 2.14. The maximum Gasteiger partial charge on any atom is 0.128 e. The fourth-order valence-corrected chi connectivity index (χ4v) is 2.36. The van der Waals surface area contributed by atoms with Crippen LogP contribution in [0.1, 0.15) is 5.56 Å². The van der Waals surface area contributed by atoms with Gasteiger partial charge in [-0.05, 0) is 77.5 Å². The largest absolute Gasteiger partial charge is 0.508 e. The summed E-state index contributed by atoms with van der Waals surface area (Å²) < 4.78 is 6.85. The number of hydrogen-bond donors (Lipinski definition) is 2. The van der Waals surface area contributed by atoms with Crippen molar-refractivity contribution in [3.05, 3.63) is 51.6 Å². The highest BCUT2D eigenvalue weighted by Gasteiger charge is 2.03. The SMILES string of the molecule is NCCc1ccc(Oc2ccc(O)cc2)cc1I. The van der Waals surface area contributed by atoms with Gasteiger partial charge in [-0.15, -0.1) is 0 Å². The number of aromatic hydroxyl groups is 1. The number of halogens is 1. The van der Waals surface area contributed by atoms with E-state index in [-0.39, 0.29) is 5.75 Å². The molecule has 0 atom stereocenters. The van der Waals surface area contributed by atoms with Gasteiger partial charge in [-0.3, -0.25) is 0 Å². The van der Waals surface area contributed by atoms with E-state index in [0.29, 0.717) is 12.3 Å². The fraction of sp³-hybridized carbons (Fsp3) is 0.143. The second kappa shape index (κ2) is 6.06. The molecular formula is C14H14INO2. The summed E-state index contributed by atoms with van der Waals surface area (Å²) in [6.07, 6.45) is 0.873. The molecule has 0 heterocycles. The molecule has 2 aromatic rings. The molecule has 2 aromatic carbocycles. The number of rotatable bonds is 4. The van der Waals surface area contributed by atoms with Crippen LogP contribution in [-0.2, 0) is 6.42 Å². The highest BCUT2D eigenvalue weighted by molar-refractivity contribution is 14.1. The van der Waals surface area contributed by atoms with Crippen molar-refractivity contribution in [3.8, 4) is 17.2 Å². The summed E-state index contributed by atoms with van der Waals surface area (Å²) in [5.74, 6) is 1.72. The van der Waals surface area contributed by atoms with Gasteiger partial charge in [0.2, 0.25) is 0 Å². The summed E-state index contributed by atoms with van der Waals surface area (Å²) in [7, 11) is 0. The number of nitrogens with two attached hydrogens (primary N) is 1. The van der Waals surface area contributed by atoms with Crippen LogP contribution >= 0.6 is 22.6 Å². The van der Waals surface area contributed by atoms with Gasteiger partial charge < -0.3 is 15.6 Å². The molecule has 0 unspecified atom stereocenters. The van der Waals surface area contributed by atoms with E-state index in [1.807, 2.05) is 18.2 Å². The second-order valence-electron chi connectivity index (χ2n) is 3.89. The molecule has 0 saturated carbocycles. The Hall–Kier alpha value is -1.27. The first-order valence-corrected chi connectivity index (χ1v) is 6.72. The molecule has 0 aliphatic carbocycles. The molecule has 0 aliphatic heterocycles. The van der Waals surface area contributed by atoms with Crippen molar-refractivity contribution in [1.82, 2.24) is 0 Å². The number of hydrogen-bond acceptors (Lipinski definition) is 3. The molecule has 0 fully saturated rings. The van der Waals surface area contributed by atoms with Crippen LogP contribution in [0.25, 0.3) is 0 Å². The van der Waals surface area contributed by atoms with Crippen LogP contribution in [0.4, 0.5) is 0 Å². The van der Waals surface area contributed by atoms with Crippen molar-refractivity contribution < 1.29 is 9.84 Å². The van der Waals surface area contributed by atoms with Crippen LogP contribution in [0.2, 0.25) is 0 Å². The Kier molecular flexibility index (Phi) is 4.43. The van der Waals surface area contributed by atoms with Crippen molar-refractivity contribution in [1.29, 1.82) is 0 Å². The monoisotopic (exact) mass is 355 g/mol. The zero-order valence-electron chi connectivity index (χ0n) is 9.77. The maximum atomic E-state index is 9.19. The molecule has 2 rings (SSSR count). The minimum atomic E-state index is 0.232. The Morgan fingerprint density at radius 3 is 2.33 bits per heavy atom. The van der Waals surface area contributed by atoms with Gasteiger partial charge >= 0.3 is 0 Å². The lowest BCUT2D eigenvalue weighted by Crippen LogP contribution is -2.04. The van der Waals surface area contributed by atoms with Crippen LogP contribution in [0.3, 0.4) is 0 Å². The lowest BCUT2D eigenvalue weighted by Gasteiger charge is -2.08. The zero-order valence-corrected chi connectivity index (χ0v) is 11.9. The predicted molar refractivity (Wildman–Crippen MR) is 80.1 cm³/mol. The number of benzene rings is 2. The molecular weight excluding hydrogens is 341 g/mol. The highest BCUT2D eigenvalue weighted by Crippen LogP contribution is 2.26. The molecule has 0 spiro atoms. The summed E-state index contributed by atoms with van der Waals surface area (Å²) in [6.45, 7) is 0.647. The van der Waals surface area contributed by atoms with Crippen LogP contribution in [0.15, 0.2) is 42.5 Å².